The molecule has 2 aromatic rings. The summed E-state index contributed by atoms with van der Waals surface area (Å²) >= 11 is 0. The second-order valence-electron chi connectivity index (χ2n) is 4.61. The summed E-state index contributed by atoms with van der Waals surface area (Å²) in [6, 6.07) is 12.1. The Morgan fingerprint density at radius 3 is 2.29 bits per heavy atom. The lowest BCUT2D eigenvalue weighted by molar-refractivity contribution is 0.252. The van der Waals surface area contributed by atoms with Crippen LogP contribution in [0.1, 0.15) is 5.56 Å². The molecule has 24 heavy (non-hydrogen) atoms. The van der Waals surface area contributed by atoms with Gasteiger partial charge in [0.05, 0.1) is 27.5 Å². The van der Waals surface area contributed by atoms with Crippen molar-refractivity contribution in [3.05, 3.63) is 48.0 Å². The van der Waals surface area contributed by atoms with Crippen molar-refractivity contribution in [3.63, 3.8) is 0 Å². The minimum atomic E-state index is -0.447. The van der Waals surface area contributed by atoms with Gasteiger partial charge in [0.2, 0.25) is 5.75 Å². The molecule has 0 bridgehead atoms. The molecule has 0 aliphatic rings. The van der Waals surface area contributed by atoms with E-state index in [9.17, 15) is 4.79 Å². The SMILES string of the molecule is COc1ccc(/C=N\NC(=O)Nc2ccccc2)c(OC)c1OC. The molecule has 0 aliphatic heterocycles. The van der Waals surface area contributed by atoms with Gasteiger partial charge in [0.1, 0.15) is 0 Å². The topological polar surface area (TPSA) is 81.2 Å². The molecule has 0 unspecified atom stereocenters. The van der Waals surface area contributed by atoms with Gasteiger partial charge in [-0.2, -0.15) is 5.10 Å². The lowest BCUT2D eigenvalue weighted by Crippen LogP contribution is -2.24. The number of ether oxygens (including phenoxy) is 3. The van der Waals surface area contributed by atoms with Gasteiger partial charge in [-0.3, -0.25) is 0 Å². The number of rotatable bonds is 6. The van der Waals surface area contributed by atoms with Crippen LogP contribution in [-0.2, 0) is 0 Å². The van der Waals surface area contributed by atoms with Crippen LogP contribution in [0.15, 0.2) is 47.6 Å². The standard InChI is InChI=1S/C17H19N3O4/c1-22-14-10-9-12(15(23-2)16(14)24-3)11-18-20-17(21)19-13-7-5-4-6-8-13/h4-11H,1-3H3,(H2,19,20,21)/b18-11-. The Labute approximate surface area is 140 Å². The summed E-state index contributed by atoms with van der Waals surface area (Å²) in [5.74, 6) is 1.46. The highest BCUT2D eigenvalue weighted by Crippen LogP contribution is 2.38. The molecular weight excluding hydrogens is 310 g/mol. The zero-order chi connectivity index (χ0) is 17.4. The van der Waals surface area contributed by atoms with Crippen molar-refractivity contribution in [2.75, 3.05) is 26.6 Å². The van der Waals surface area contributed by atoms with E-state index in [1.807, 2.05) is 18.2 Å². The number of nitrogens with zero attached hydrogens (tertiary/aromatic N) is 1. The van der Waals surface area contributed by atoms with E-state index in [4.69, 9.17) is 14.2 Å². The fourth-order valence-electron chi connectivity index (χ4n) is 2.07. The molecule has 2 N–H and O–H groups in total. The van der Waals surface area contributed by atoms with Gasteiger partial charge in [0, 0.05) is 11.3 Å². The summed E-state index contributed by atoms with van der Waals surface area (Å²) in [6.45, 7) is 0. The molecule has 126 valence electrons. The maximum absolute atomic E-state index is 11.8. The summed E-state index contributed by atoms with van der Waals surface area (Å²) in [7, 11) is 4.58. The minimum absolute atomic E-state index is 0.447. The van der Waals surface area contributed by atoms with E-state index in [-0.39, 0.29) is 0 Å². The monoisotopic (exact) mass is 329 g/mol. The smallest absolute Gasteiger partial charge is 0.339 e. The molecule has 0 fully saturated rings. The third-order valence-corrected chi connectivity index (χ3v) is 3.14. The van der Waals surface area contributed by atoms with E-state index >= 15 is 0 Å². The van der Waals surface area contributed by atoms with Gasteiger partial charge < -0.3 is 19.5 Å². The Kier molecular flexibility index (Phi) is 6.01. The van der Waals surface area contributed by atoms with Crippen LogP contribution in [0.4, 0.5) is 10.5 Å². The maximum Gasteiger partial charge on any atom is 0.339 e. The minimum Gasteiger partial charge on any atom is -0.493 e. The number of para-hydroxylation sites is 1. The van der Waals surface area contributed by atoms with E-state index in [2.05, 4.69) is 15.8 Å². The molecular formula is C17H19N3O4. The number of urea groups is 1. The van der Waals surface area contributed by atoms with Crippen LogP contribution < -0.4 is 25.0 Å². The van der Waals surface area contributed by atoms with Gasteiger partial charge in [0.15, 0.2) is 11.5 Å². The zero-order valence-corrected chi connectivity index (χ0v) is 13.7. The van der Waals surface area contributed by atoms with Crippen molar-refractivity contribution >= 4 is 17.9 Å². The first kappa shape index (κ1) is 17.1. The summed E-state index contributed by atoms with van der Waals surface area (Å²) in [6.07, 6.45) is 1.46. The third-order valence-electron chi connectivity index (χ3n) is 3.14. The molecule has 2 amide bonds. The fourth-order valence-corrected chi connectivity index (χ4v) is 2.07. The lowest BCUT2D eigenvalue weighted by atomic mass is 10.2. The van der Waals surface area contributed by atoms with E-state index < -0.39 is 6.03 Å². The molecule has 0 spiro atoms. The molecule has 2 rings (SSSR count). The van der Waals surface area contributed by atoms with Gasteiger partial charge >= 0.3 is 6.03 Å². The van der Waals surface area contributed by atoms with Crippen molar-refractivity contribution in [1.82, 2.24) is 5.43 Å². The molecule has 0 aliphatic carbocycles. The van der Waals surface area contributed by atoms with Gasteiger partial charge in [-0.1, -0.05) is 18.2 Å². The Bertz CT molecular complexity index is 717. The number of hydrogen-bond acceptors (Lipinski definition) is 5. The number of carbonyl (C=O) groups is 1. The predicted octanol–water partition coefficient (Wildman–Crippen LogP) is 2.87. The molecule has 0 saturated carbocycles. The fraction of sp³-hybridized carbons (Fsp3) is 0.176. The number of methoxy groups -OCH3 is 3. The van der Waals surface area contributed by atoms with Crippen LogP contribution in [-0.4, -0.2) is 33.6 Å². The quantitative estimate of drug-likeness (QED) is 0.631. The average Bonchev–Trinajstić information content (AvgIpc) is 2.61. The summed E-state index contributed by atoms with van der Waals surface area (Å²) in [5, 5.41) is 6.57. The zero-order valence-electron chi connectivity index (χ0n) is 13.7. The number of benzene rings is 2. The summed E-state index contributed by atoms with van der Waals surface area (Å²) in [5.41, 5.74) is 3.70. The molecule has 7 heteroatoms. The van der Waals surface area contributed by atoms with Crippen LogP contribution in [0.3, 0.4) is 0 Å². The van der Waals surface area contributed by atoms with Gasteiger partial charge in [0.25, 0.3) is 0 Å². The van der Waals surface area contributed by atoms with Crippen molar-refractivity contribution in [3.8, 4) is 17.2 Å². The molecule has 0 aromatic heterocycles. The third kappa shape index (κ3) is 4.16. The first-order valence-electron chi connectivity index (χ1n) is 7.13. The highest BCUT2D eigenvalue weighted by molar-refractivity contribution is 5.91. The lowest BCUT2D eigenvalue weighted by Gasteiger charge is -2.13. The van der Waals surface area contributed by atoms with Crippen molar-refractivity contribution in [2.24, 2.45) is 5.10 Å². The normalized spacial score (nSPS) is 10.3. The highest BCUT2D eigenvalue weighted by atomic mass is 16.5. The largest absolute Gasteiger partial charge is 0.493 e. The second kappa shape index (κ2) is 8.42. The summed E-state index contributed by atoms with van der Waals surface area (Å²) < 4.78 is 15.8. The molecule has 0 saturated heterocycles. The Hall–Kier alpha value is -3.22. The first-order chi connectivity index (χ1) is 11.7. The number of anilines is 1. The number of amides is 2. The summed E-state index contributed by atoms with van der Waals surface area (Å²) in [4.78, 5) is 11.8. The first-order valence-corrected chi connectivity index (χ1v) is 7.13. The van der Waals surface area contributed by atoms with E-state index in [1.165, 1.54) is 20.4 Å². The number of carbonyl (C=O) groups excluding carboxylic acids is 1. The van der Waals surface area contributed by atoms with Crippen LogP contribution >= 0.6 is 0 Å². The molecule has 2 aromatic carbocycles. The second-order valence-corrected chi connectivity index (χ2v) is 4.61. The highest BCUT2D eigenvalue weighted by Gasteiger charge is 2.14. The number of nitrogens with one attached hydrogen (secondary N) is 2. The number of hydrogen-bond donors (Lipinski definition) is 2. The van der Waals surface area contributed by atoms with E-state index in [0.717, 1.165) is 0 Å². The predicted molar refractivity (Wildman–Crippen MR) is 92.3 cm³/mol. The Morgan fingerprint density at radius 1 is 0.958 bits per heavy atom. The molecule has 0 atom stereocenters. The van der Waals surface area contributed by atoms with Crippen LogP contribution in [0.5, 0.6) is 17.2 Å². The van der Waals surface area contributed by atoms with Crippen LogP contribution in [0.2, 0.25) is 0 Å². The van der Waals surface area contributed by atoms with Crippen molar-refractivity contribution in [2.45, 2.75) is 0 Å². The van der Waals surface area contributed by atoms with Crippen LogP contribution in [0, 0.1) is 0 Å². The Morgan fingerprint density at radius 2 is 1.67 bits per heavy atom. The van der Waals surface area contributed by atoms with Gasteiger partial charge in [-0.05, 0) is 24.3 Å². The van der Waals surface area contributed by atoms with Crippen molar-refractivity contribution < 1.29 is 19.0 Å². The van der Waals surface area contributed by atoms with E-state index in [0.29, 0.717) is 28.5 Å². The average molecular weight is 329 g/mol. The molecule has 0 heterocycles. The van der Waals surface area contributed by atoms with Crippen LogP contribution in [0.25, 0.3) is 0 Å². The molecule has 7 nitrogen and oxygen atoms in total. The van der Waals surface area contributed by atoms with E-state index in [1.54, 1.807) is 31.4 Å². The number of hydrazone groups is 1. The molecule has 0 radical (unpaired) electrons. The van der Waals surface area contributed by atoms with Gasteiger partial charge in [-0.25, -0.2) is 10.2 Å². The Balaban J connectivity index is 2.07. The van der Waals surface area contributed by atoms with Crippen molar-refractivity contribution in [1.29, 1.82) is 0 Å². The maximum atomic E-state index is 11.8. The van der Waals surface area contributed by atoms with Gasteiger partial charge in [-0.15, -0.1) is 0 Å².